The molecule has 5 nitrogen and oxygen atoms in total. The maximum Gasteiger partial charge on any atom is 0.416 e. The fourth-order valence-corrected chi connectivity index (χ4v) is 3.29. The number of hydrogen-bond donors (Lipinski definition) is 2. The van der Waals surface area contributed by atoms with Gasteiger partial charge in [-0.25, -0.2) is 0 Å². The van der Waals surface area contributed by atoms with Crippen LogP contribution in [0.15, 0.2) is 33.8 Å². The molecule has 2 aromatic rings. The minimum absolute atomic E-state index is 0.0275. The molecule has 8 heteroatoms. The van der Waals surface area contributed by atoms with E-state index in [0.717, 1.165) is 30.5 Å². The van der Waals surface area contributed by atoms with Crippen molar-refractivity contribution in [3.05, 3.63) is 52.5 Å². The molecule has 1 unspecified atom stereocenters. The van der Waals surface area contributed by atoms with Crippen molar-refractivity contribution in [3.8, 4) is 0 Å². The van der Waals surface area contributed by atoms with Gasteiger partial charge >= 0.3 is 6.18 Å². The van der Waals surface area contributed by atoms with Crippen LogP contribution in [-0.2, 0) is 12.6 Å². The van der Waals surface area contributed by atoms with Gasteiger partial charge in [0.05, 0.1) is 17.0 Å². The number of rotatable bonds is 5. The third-order valence-electron chi connectivity index (χ3n) is 5.03. The number of aryl methyl sites for hydroxylation is 1. The number of benzene rings is 1. The van der Waals surface area contributed by atoms with Crippen LogP contribution >= 0.6 is 0 Å². The molecule has 1 heterocycles. The zero-order chi connectivity index (χ0) is 21.2. The number of anilines is 1. The topological polar surface area (TPSA) is 66.6 Å². The zero-order valence-corrected chi connectivity index (χ0v) is 16.6. The van der Waals surface area contributed by atoms with E-state index < -0.39 is 11.7 Å². The molecule has 2 N–H and O–H groups in total. The Morgan fingerprint density at radius 3 is 2.76 bits per heavy atom. The number of hydrogen-bond acceptors (Lipinski definition) is 4. The highest BCUT2D eigenvalue weighted by atomic mass is 19.4. The third-order valence-corrected chi connectivity index (χ3v) is 5.03. The maximum atomic E-state index is 12.9. The summed E-state index contributed by atoms with van der Waals surface area (Å²) in [5.74, 6) is 0.688. The van der Waals surface area contributed by atoms with E-state index >= 15 is 0 Å². The molecule has 1 aromatic carbocycles. The van der Waals surface area contributed by atoms with Gasteiger partial charge < -0.3 is 9.73 Å². The van der Waals surface area contributed by atoms with E-state index in [9.17, 15) is 18.0 Å². The molecule has 0 radical (unpaired) electrons. The quantitative estimate of drug-likeness (QED) is 0.662. The number of furan rings is 1. The van der Waals surface area contributed by atoms with Crippen LogP contribution in [0.2, 0.25) is 0 Å². The SMILES string of the molecule is CCC(C)NC(=O)c1oc2c(c1C)/C(=N/Nc1cccc(C(F)(F)F)c1)CCC2. The van der Waals surface area contributed by atoms with Gasteiger partial charge in [0.15, 0.2) is 5.76 Å². The van der Waals surface area contributed by atoms with Gasteiger partial charge in [-0.3, -0.25) is 10.2 Å². The van der Waals surface area contributed by atoms with Crippen molar-refractivity contribution >= 4 is 17.3 Å². The maximum absolute atomic E-state index is 12.9. The molecule has 0 spiro atoms. The summed E-state index contributed by atoms with van der Waals surface area (Å²) in [6, 6.07) is 4.91. The second-order valence-electron chi connectivity index (χ2n) is 7.24. The Balaban J connectivity index is 1.86. The number of nitrogens with zero attached hydrogens (tertiary/aromatic N) is 1. The van der Waals surface area contributed by atoms with E-state index in [-0.39, 0.29) is 23.4 Å². The van der Waals surface area contributed by atoms with Crippen LogP contribution in [0.3, 0.4) is 0 Å². The Kier molecular flexibility index (Phi) is 6.00. The lowest BCUT2D eigenvalue weighted by molar-refractivity contribution is -0.137. The van der Waals surface area contributed by atoms with Crippen molar-refractivity contribution in [1.82, 2.24) is 5.32 Å². The Hall–Kier alpha value is -2.77. The summed E-state index contributed by atoms with van der Waals surface area (Å²) in [5, 5.41) is 7.23. The molecule has 0 aliphatic heterocycles. The third kappa shape index (κ3) is 4.63. The van der Waals surface area contributed by atoms with Gasteiger partial charge in [0, 0.05) is 23.6 Å². The molecule has 0 saturated heterocycles. The standard InChI is InChI=1S/C21H24F3N3O2/c1-4-12(2)25-20(28)19-13(3)18-16(9-6-10-17(18)29-19)27-26-15-8-5-7-14(11-15)21(22,23)24/h5,7-8,11-12,26H,4,6,9-10H2,1-3H3,(H,25,28)/b27-16+. The highest BCUT2D eigenvalue weighted by Crippen LogP contribution is 2.32. The summed E-state index contributed by atoms with van der Waals surface area (Å²) in [6.07, 6.45) is -1.49. The van der Waals surface area contributed by atoms with Gasteiger partial charge in [-0.2, -0.15) is 18.3 Å². The van der Waals surface area contributed by atoms with E-state index in [1.54, 1.807) is 6.92 Å². The normalized spacial score (nSPS) is 16.4. The van der Waals surface area contributed by atoms with E-state index in [1.807, 2.05) is 13.8 Å². The van der Waals surface area contributed by atoms with Crippen molar-refractivity contribution < 1.29 is 22.4 Å². The van der Waals surface area contributed by atoms with Gasteiger partial charge in [-0.05, 0) is 51.3 Å². The molecular weight excluding hydrogens is 383 g/mol. The van der Waals surface area contributed by atoms with Crippen LogP contribution in [0.4, 0.5) is 18.9 Å². The predicted molar refractivity (Wildman–Crippen MR) is 105 cm³/mol. The average molecular weight is 407 g/mol. The van der Waals surface area contributed by atoms with Crippen molar-refractivity contribution in [2.75, 3.05) is 5.43 Å². The second-order valence-corrected chi connectivity index (χ2v) is 7.24. The Labute approximate surface area is 167 Å². The van der Waals surface area contributed by atoms with Crippen molar-refractivity contribution in [1.29, 1.82) is 0 Å². The summed E-state index contributed by atoms with van der Waals surface area (Å²) >= 11 is 0. The summed E-state index contributed by atoms with van der Waals surface area (Å²) in [5.41, 5.74) is 4.37. The number of nitrogens with one attached hydrogen (secondary N) is 2. The molecule has 1 aromatic heterocycles. The molecule has 0 bridgehead atoms. The summed E-state index contributed by atoms with van der Waals surface area (Å²) in [4.78, 5) is 12.5. The highest BCUT2D eigenvalue weighted by Gasteiger charge is 2.31. The molecule has 1 aliphatic rings. The van der Waals surface area contributed by atoms with Crippen LogP contribution in [0.25, 0.3) is 0 Å². The molecule has 0 saturated carbocycles. The minimum atomic E-state index is -4.41. The van der Waals surface area contributed by atoms with Crippen LogP contribution < -0.4 is 10.7 Å². The largest absolute Gasteiger partial charge is 0.455 e. The number of carbonyl (C=O) groups is 1. The first-order chi connectivity index (χ1) is 13.7. The fraction of sp³-hybridized carbons (Fsp3) is 0.429. The van der Waals surface area contributed by atoms with E-state index in [0.29, 0.717) is 29.9 Å². The molecule has 1 amide bonds. The second kappa shape index (κ2) is 8.31. The van der Waals surface area contributed by atoms with Crippen molar-refractivity contribution in [2.45, 2.75) is 58.7 Å². The van der Waals surface area contributed by atoms with Gasteiger partial charge in [0.1, 0.15) is 5.76 Å². The van der Waals surface area contributed by atoms with Crippen LogP contribution in [0.1, 0.15) is 66.1 Å². The van der Waals surface area contributed by atoms with E-state index in [1.165, 1.54) is 12.1 Å². The van der Waals surface area contributed by atoms with Gasteiger partial charge in [0.25, 0.3) is 5.91 Å². The van der Waals surface area contributed by atoms with Gasteiger partial charge in [-0.15, -0.1) is 0 Å². The number of amides is 1. The highest BCUT2D eigenvalue weighted by molar-refractivity contribution is 6.06. The Morgan fingerprint density at radius 2 is 2.07 bits per heavy atom. The zero-order valence-electron chi connectivity index (χ0n) is 16.6. The lowest BCUT2D eigenvalue weighted by Crippen LogP contribution is -2.32. The van der Waals surface area contributed by atoms with Gasteiger partial charge in [-0.1, -0.05) is 13.0 Å². The number of carbonyl (C=O) groups excluding carboxylic acids is 1. The Morgan fingerprint density at radius 1 is 1.31 bits per heavy atom. The molecule has 1 aliphatic carbocycles. The molecule has 29 heavy (non-hydrogen) atoms. The summed E-state index contributed by atoms with van der Waals surface area (Å²) in [6.45, 7) is 5.70. The first kappa shape index (κ1) is 21.0. The molecule has 0 fully saturated rings. The van der Waals surface area contributed by atoms with Crippen LogP contribution in [0.5, 0.6) is 0 Å². The van der Waals surface area contributed by atoms with Crippen molar-refractivity contribution in [2.24, 2.45) is 5.10 Å². The lowest BCUT2D eigenvalue weighted by Gasteiger charge is -2.14. The molecule has 156 valence electrons. The first-order valence-corrected chi connectivity index (χ1v) is 9.64. The smallest absolute Gasteiger partial charge is 0.416 e. The average Bonchev–Trinajstić information content (AvgIpc) is 3.03. The number of fused-ring (bicyclic) bond motifs is 1. The number of hydrazone groups is 1. The monoisotopic (exact) mass is 407 g/mol. The summed E-state index contributed by atoms with van der Waals surface area (Å²) < 4.78 is 44.5. The number of halogens is 3. The van der Waals surface area contributed by atoms with E-state index in [4.69, 9.17) is 4.42 Å². The molecule has 1 atom stereocenters. The van der Waals surface area contributed by atoms with Crippen LogP contribution in [0, 0.1) is 6.92 Å². The fourth-order valence-electron chi connectivity index (χ4n) is 3.29. The van der Waals surface area contributed by atoms with E-state index in [2.05, 4.69) is 15.8 Å². The van der Waals surface area contributed by atoms with Crippen LogP contribution in [-0.4, -0.2) is 17.7 Å². The minimum Gasteiger partial charge on any atom is -0.455 e. The lowest BCUT2D eigenvalue weighted by atomic mass is 9.93. The van der Waals surface area contributed by atoms with Gasteiger partial charge in [0.2, 0.25) is 0 Å². The molecular formula is C21H24F3N3O2. The predicted octanol–water partition coefficient (Wildman–Crippen LogP) is 5.29. The summed E-state index contributed by atoms with van der Waals surface area (Å²) in [7, 11) is 0. The van der Waals surface area contributed by atoms with Crippen molar-refractivity contribution in [3.63, 3.8) is 0 Å². The first-order valence-electron chi connectivity index (χ1n) is 9.64. The number of alkyl halides is 3. The Bertz CT molecular complexity index is 932. The molecule has 3 rings (SSSR count).